The maximum atomic E-state index is 15.4. The summed E-state index contributed by atoms with van der Waals surface area (Å²) in [6.07, 6.45) is 2.70. The Morgan fingerprint density at radius 1 is 1.11 bits per heavy atom. The van der Waals surface area contributed by atoms with Crippen LogP contribution in [-0.2, 0) is 9.53 Å². The Kier molecular flexibility index (Phi) is 8.55. The third-order valence-electron chi connectivity index (χ3n) is 8.78. The highest BCUT2D eigenvalue weighted by molar-refractivity contribution is 5.94. The number of rotatable bonds is 11. The molecule has 2 aromatic carbocycles. The van der Waals surface area contributed by atoms with Crippen molar-refractivity contribution in [1.82, 2.24) is 14.8 Å². The van der Waals surface area contributed by atoms with E-state index in [0.717, 1.165) is 25.3 Å². The van der Waals surface area contributed by atoms with Crippen LogP contribution in [0.3, 0.4) is 0 Å². The summed E-state index contributed by atoms with van der Waals surface area (Å²) >= 11 is 0. The lowest BCUT2D eigenvalue weighted by Gasteiger charge is -2.26. The summed E-state index contributed by atoms with van der Waals surface area (Å²) in [4.78, 5) is 53.1. The van der Waals surface area contributed by atoms with Gasteiger partial charge in [-0.25, -0.2) is 18.4 Å². The van der Waals surface area contributed by atoms with Crippen molar-refractivity contribution in [2.24, 2.45) is 0 Å². The molecule has 0 radical (unpaired) electrons. The predicted molar refractivity (Wildman–Crippen MR) is 165 cm³/mol. The Hall–Kier alpha value is -4.72. The number of halogens is 2. The summed E-state index contributed by atoms with van der Waals surface area (Å²) in [7, 11) is 1.92. The number of hydrogen-bond acceptors (Lipinski definition) is 8. The molecule has 1 aliphatic carbocycles. The number of amides is 2. The predicted octanol–water partition coefficient (Wildman–Crippen LogP) is 3.36. The molecule has 1 aromatic heterocycles. The number of hydrogen-bond donors (Lipinski definition) is 2. The van der Waals surface area contributed by atoms with Gasteiger partial charge in [0.2, 0.25) is 11.3 Å². The zero-order valence-corrected chi connectivity index (χ0v) is 25.5. The third kappa shape index (κ3) is 6.34. The lowest BCUT2D eigenvalue weighted by atomic mass is 10.1. The minimum Gasteiger partial charge on any atom is -0.489 e. The van der Waals surface area contributed by atoms with E-state index in [1.54, 1.807) is 16.7 Å². The van der Waals surface area contributed by atoms with E-state index in [0.29, 0.717) is 36.5 Å². The molecule has 14 heteroatoms. The number of nitrogens with one attached hydrogen (secondary N) is 1. The van der Waals surface area contributed by atoms with Gasteiger partial charge in [0.05, 0.1) is 30.0 Å². The van der Waals surface area contributed by atoms with Crippen LogP contribution in [0, 0.1) is 11.6 Å². The number of likely N-dealkylation sites (N-methyl/N-ethyl adjacent to an activating group) is 1. The Balaban J connectivity index is 1.06. The third-order valence-corrected chi connectivity index (χ3v) is 8.78. The quantitative estimate of drug-likeness (QED) is 0.324. The van der Waals surface area contributed by atoms with Gasteiger partial charge in [0.1, 0.15) is 24.1 Å². The summed E-state index contributed by atoms with van der Waals surface area (Å²) in [5.41, 5.74) is 0.152. The number of carbonyl (C=O) groups is 3. The van der Waals surface area contributed by atoms with E-state index in [1.807, 2.05) is 11.9 Å². The number of pyridine rings is 1. The smallest absolute Gasteiger partial charge is 0.414 e. The van der Waals surface area contributed by atoms with E-state index in [4.69, 9.17) is 9.47 Å². The fourth-order valence-electron chi connectivity index (χ4n) is 6.08. The second-order valence-electron chi connectivity index (χ2n) is 12.0. The largest absolute Gasteiger partial charge is 0.489 e. The maximum Gasteiger partial charge on any atom is 0.414 e. The first-order valence-corrected chi connectivity index (χ1v) is 15.2. The lowest BCUT2D eigenvalue weighted by molar-refractivity contribution is -0.119. The molecule has 2 atom stereocenters. The number of carbonyl (C=O) groups excluding carboxylic acids is 2. The normalized spacial score (nSPS) is 19.6. The van der Waals surface area contributed by atoms with Gasteiger partial charge in [0.25, 0.3) is 0 Å². The minimum absolute atomic E-state index is 0.0403. The molecule has 3 fully saturated rings. The number of carboxylic acid groups (broad SMARTS) is 1. The molecule has 6 rings (SSSR count). The maximum absolute atomic E-state index is 15.4. The summed E-state index contributed by atoms with van der Waals surface area (Å²) in [6, 6.07) is 7.20. The number of ether oxygens (including phenoxy) is 2. The van der Waals surface area contributed by atoms with Crippen LogP contribution in [-0.4, -0.2) is 91.1 Å². The highest BCUT2D eigenvalue weighted by Crippen LogP contribution is 2.38. The Labute approximate surface area is 263 Å². The fraction of sp³-hybridized carbons (Fsp3) is 0.438. The molecular formula is C32H35F2N5O7. The molecule has 1 unspecified atom stereocenters. The van der Waals surface area contributed by atoms with Crippen molar-refractivity contribution in [3.8, 4) is 5.75 Å². The molecule has 2 saturated heterocycles. The number of fused-ring (bicyclic) bond motifs is 1. The Bertz CT molecular complexity index is 1760. The van der Waals surface area contributed by atoms with E-state index in [-0.39, 0.29) is 54.4 Å². The molecule has 2 aliphatic heterocycles. The molecule has 46 heavy (non-hydrogen) atoms. The van der Waals surface area contributed by atoms with Crippen molar-refractivity contribution in [2.45, 2.75) is 44.4 Å². The molecule has 2 N–H and O–H groups in total. The standard InChI is InChI=1S/C32H35F2N5O7/c1-18(40)35-14-22-16-39(32(44)46-22)20-5-6-29(26(34)11-20)45-10-9-36(2)21-7-8-37(15-21)28-13-27-23(12-25(28)33)30(41)24(31(42)43)17-38(27)19-3-4-19/h5-6,11-13,17,19,21-22H,3-4,7-10,14-16H2,1-2H3,(H,35,40)(H,42,43)/t21?,22-/m0/s1. The van der Waals surface area contributed by atoms with Gasteiger partial charge in [-0.1, -0.05) is 0 Å². The van der Waals surface area contributed by atoms with Crippen LogP contribution >= 0.6 is 0 Å². The minimum atomic E-state index is -1.33. The number of aromatic nitrogens is 1. The average Bonchev–Trinajstić information content (AvgIpc) is 3.61. The van der Waals surface area contributed by atoms with E-state index in [2.05, 4.69) is 10.2 Å². The Morgan fingerprint density at radius 2 is 1.89 bits per heavy atom. The highest BCUT2D eigenvalue weighted by Gasteiger charge is 2.33. The van der Waals surface area contributed by atoms with Crippen molar-refractivity contribution < 1.29 is 37.7 Å². The molecule has 3 aliphatic rings. The van der Waals surface area contributed by atoms with Gasteiger partial charge in [-0.15, -0.1) is 0 Å². The van der Waals surface area contributed by atoms with Crippen molar-refractivity contribution in [2.75, 3.05) is 56.2 Å². The zero-order chi connectivity index (χ0) is 32.7. The van der Waals surface area contributed by atoms with Crippen molar-refractivity contribution >= 4 is 40.2 Å². The van der Waals surface area contributed by atoms with Crippen molar-refractivity contribution in [3.63, 3.8) is 0 Å². The van der Waals surface area contributed by atoms with Gasteiger partial charge in [0, 0.05) is 56.3 Å². The number of cyclic esters (lactones) is 1. The van der Waals surface area contributed by atoms with Crippen LogP contribution < -0.4 is 25.3 Å². The van der Waals surface area contributed by atoms with Crippen LogP contribution in [0.4, 0.5) is 25.0 Å². The SMILES string of the molecule is CC(=O)NC[C@H]1CN(c2ccc(OCCN(C)C3CCN(c4cc5c(cc4F)c(=O)c(C(=O)O)cn5C4CC4)C3)c(F)c2)C(=O)O1. The van der Waals surface area contributed by atoms with Gasteiger partial charge in [0.15, 0.2) is 11.6 Å². The first kappa shape index (κ1) is 31.3. The van der Waals surface area contributed by atoms with E-state index in [9.17, 15) is 28.7 Å². The monoisotopic (exact) mass is 639 g/mol. The number of nitrogens with zero attached hydrogens (tertiary/aromatic N) is 4. The number of carboxylic acids is 1. The second-order valence-corrected chi connectivity index (χ2v) is 12.0. The molecule has 3 heterocycles. The van der Waals surface area contributed by atoms with Crippen LogP contribution in [0.15, 0.2) is 41.3 Å². The molecule has 0 bridgehead atoms. The van der Waals surface area contributed by atoms with Gasteiger partial charge >= 0.3 is 12.1 Å². The van der Waals surface area contributed by atoms with Gasteiger partial charge in [-0.05, 0) is 50.6 Å². The van der Waals surface area contributed by atoms with Gasteiger partial charge in [-0.2, -0.15) is 0 Å². The van der Waals surface area contributed by atoms with Gasteiger partial charge in [-0.3, -0.25) is 19.4 Å². The Morgan fingerprint density at radius 3 is 2.59 bits per heavy atom. The summed E-state index contributed by atoms with van der Waals surface area (Å²) < 4.78 is 43.0. The summed E-state index contributed by atoms with van der Waals surface area (Å²) in [5.74, 6) is -2.73. The van der Waals surface area contributed by atoms with Crippen LogP contribution in [0.1, 0.15) is 42.6 Å². The molecular weight excluding hydrogens is 604 g/mol. The van der Waals surface area contributed by atoms with E-state index >= 15 is 4.39 Å². The van der Waals surface area contributed by atoms with Crippen molar-refractivity contribution in [3.05, 3.63) is 63.9 Å². The average molecular weight is 640 g/mol. The second kappa shape index (κ2) is 12.6. The lowest BCUT2D eigenvalue weighted by Crippen LogP contribution is -2.37. The first-order valence-electron chi connectivity index (χ1n) is 15.2. The molecule has 244 valence electrons. The topological polar surface area (TPSA) is 134 Å². The zero-order valence-electron chi connectivity index (χ0n) is 25.5. The molecule has 2 amide bonds. The molecule has 3 aromatic rings. The fourth-order valence-corrected chi connectivity index (χ4v) is 6.08. The van der Waals surface area contributed by atoms with Gasteiger partial charge < -0.3 is 29.4 Å². The summed E-state index contributed by atoms with van der Waals surface area (Å²) in [6.45, 7) is 3.49. The molecule has 1 saturated carbocycles. The van der Waals surface area contributed by atoms with E-state index < -0.39 is 35.2 Å². The molecule has 0 spiro atoms. The first-order chi connectivity index (χ1) is 22.0. The number of anilines is 2. The van der Waals surface area contributed by atoms with Crippen molar-refractivity contribution in [1.29, 1.82) is 0 Å². The summed E-state index contributed by atoms with van der Waals surface area (Å²) in [5, 5.41) is 12.2. The van der Waals surface area contributed by atoms with E-state index in [1.165, 1.54) is 30.2 Å². The highest BCUT2D eigenvalue weighted by atomic mass is 19.1. The number of aromatic carboxylic acids is 1. The van der Waals surface area contributed by atoms with Crippen LogP contribution in [0.2, 0.25) is 0 Å². The number of benzene rings is 2. The molecule has 12 nitrogen and oxygen atoms in total. The van der Waals surface area contributed by atoms with Crippen LogP contribution in [0.25, 0.3) is 10.9 Å². The van der Waals surface area contributed by atoms with Crippen LogP contribution in [0.5, 0.6) is 5.75 Å².